The molecule has 102 valence electrons. The maximum atomic E-state index is 3.59. The zero-order valence-electron chi connectivity index (χ0n) is 12.2. The number of hydrogen-bond donors (Lipinski definition) is 0. The van der Waals surface area contributed by atoms with Crippen molar-refractivity contribution in [3.63, 3.8) is 0 Å². The number of rotatable bonds is 7. The molecule has 0 fully saturated rings. The molecule has 0 aliphatic rings. The molecule has 2 heteroatoms. The van der Waals surface area contributed by atoms with Gasteiger partial charge in [-0.1, -0.05) is 55.5 Å². The van der Waals surface area contributed by atoms with Gasteiger partial charge in [0.2, 0.25) is 0 Å². The van der Waals surface area contributed by atoms with E-state index in [0.29, 0.717) is 5.92 Å². The minimum atomic E-state index is 0.636. The summed E-state index contributed by atoms with van der Waals surface area (Å²) in [5.41, 5.74) is 2.81. The van der Waals surface area contributed by atoms with Gasteiger partial charge in [-0.25, -0.2) is 0 Å². The van der Waals surface area contributed by atoms with E-state index in [1.807, 2.05) is 0 Å². The molecule has 1 aromatic carbocycles. The van der Waals surface area contributed by atoms with Crippen LogP contribution in [0.5, 0.6) is 0 Å². The Labute approximate surface area is 121 Å². The number of hydrogen-bond acceptors (Lipinski definition) is 1. The van der Waals surface area contributed by atoms with Gasteiger partial charge < -0.3 is 4.90 Å². The fourth-order valence-electron chi connectivity index (χ4n) is 2.36. The normalized spacial score (nSPS) is 12.5. The summed E-state index contributed by atoms with van der Waals surface area (Å²) >= 11 is 3.59. The maximum absolute atomic E-state index is 3.59. The minimum Gasteiger partial charge on any atom is -0.377 e. The topological polar surface area (TPSA) is 3.24 Å². The van der Waals surface area contributed by atoms with E-state index in [4.69, 9.17) is 0 Å². The molecule has 18 heavy (non-hydrogen) atoms. The summed E-state index contributed by atoms with van der Waals surface area (Å²) in [4.78, 5) is 2.21. The maximum Gasteiger partial charge on any atom is 0.0397 e. The highest BCUT2D eigenvalue weighted by atomic mass is 79.9. The van der Waals surface area contributed by atoms with Crippen molar-refractivity contribution in [1.82, 2.24) is 0 Å². The van der Waals surface area contributed by atoms with Gasteiger partial charge in [0, 0.05) is 24.3 Å². The molecule has 1 atom stereocenters. The fraction of sp³-hybridized carbons (Fsp3) is 0.625. The van der Waals surface area contributed by atoms with Crippen molar-refractivity contribution in [2.75, 3.05) is 19.0 Å². The Balaban J connectivity index is 2.70. The molecule has 0 N–H and O–H groups in total. The summed E-state index contributed by atoms with van der Waals surface area (Å²) < 4.78 is 1.18. The lowest BCUT2D eigenvalue weighted by Gasteiger charge is -2.22. The summed E-state index contributed by atoms with van der Waals surface area (Å²) in [6, 6.07) is 6.62. The minimum absolute atomic E-state index is 0.636. The predicted molar refractivity (Wildman–Crippen MR) is 85.6 cm³/mol. The molecular weight excluding hydrogens is 286 g/mol. The van der Waals surface area contributed by atoms with Gasteiger partial charge in [0.25, 0.3) is 0 Å². The highest BCUT2D eigenvalue weighted by Crippen LogP contribution is 2.32. The molecule has 0 radical (unpaired) electrons. The van der Waals surface area contributed by atoms with Gasteiger partial charge in [0.1, 0.15) is 0 Å². The lowest BCUT2D eigenvalue weighted by Crippen LogP contribution is -2.12. The highest BCUT2D eigenvalue weighted by molar-refractivity contribution is 9.10. The van der Waals surface area contributed by atoms with E-state index in [0.717, 1.165) is 0 Å². The Morgan fingerprint density at radius 2 is 1.89 bits per heavy atom. The molecule has 1 aromatic rings. The van der Waals surface area contributed by atoms with Crippen LogP contribution in [0.2, 0.25) is 0 Å². The standard InChI is InChI=1S/C16H26BrN/c1-5-6-7-8-9-13(2)15-12-14(17)10-11-16(15)18(3)4/h10-13H,5-9H2,1-4H3. The van der Waals surface area contributed by atoms with Crippen LogP contribution in [0.1, 0.15) is 57.4 Å². The van der Waals surface area contributed by atoms with E-state index in [9.17, 15) is 0 Å². The second-order valence-electron chi connectivity index (χ2n) is 5.35. The average Bonchev–Trinajstić information content (AvgIpc) is 2.34. The Hall–Kier alpha value is -0.500. The van der Waals surface area contributed by atoms with Crippen molar-refractivity contribution in [3.8, 4) is 0 Å². The number of benzene rings is 1. The third kappa shape index (κ3) is 4.64. The van der Waals surface area contributed by atoms with Crippen molar-refractivity contribution in [1.29, 1.82) is 0 Å². The van der Waals surface area contributed by atoms with E-state index < -0.39 is 0 Å². The SMILES string of the molecule is CCCCCCC(C)c1cc(Br)ccc1N(C)C. The van der Waals surface area contributed by atoms with Gasteiger partial charge in [-0.05, 0) is 36.1 Å². The van der Waals surface area contributed by atoms with E-state index in [1.165, 1.54) is 47.8 Å². The summed E-state index contributed by atoms with van der Waals surface area (Å²) in [6.45, 7) is 4.61. The first-order chi connectivity index (χ1) is 8.56. The van der Waals surface area contributed by atoms with Crippen molar-refractivity contribution < 1.29 is 0 Å². The Bertz CT molecular complexity index is 360. The van der Waals surface area contributed by atoms with Crippen LogP contribution in [0, 0.1) is 0 Å². The predicted octanol–water partition coefficient (Wildman–Crippen LogP) is 5.59. The van der Waals surface area contributed by atoms with Gasteiger partial charge in [-0.3, -0.25) is 0 Å². The Kier molecular flexibility index (Phi) is 6.77. The van der Waals surface area contributed by atoms with Crippen LogP contribution in [-0.2, 0) is 0 Å². The molecule has 1 unspecified atom stereocenters. The summed E-state index contributed by atoms with van der Waals surface area (Å²) in [7, 11) is 4.24. The van der Waals surface area contributed by atoms with Gasteiger partial charge in [-0.2, -0.15) is 0 Å². The van der Waals surface area contributed by atoms with Crippen LogP contribution in [0.4, 0.5) is 5.69 Å². The van der Waals surface area contributed by atoms with Gasteiger partial charge in [0.05, 0.1) is 0 Å². The lowest BCUT2D eigenvalue weighted by atomic mass is 9.93. The molecule has 0 spiro atoms. The Morgan fingerprint density at radius 1 is 1.17 bits per heavy atom. The highest BCUT2D eigenvalue weighted by Gasteiger charge is 2.12. The Morgan fingerprint density at radius 3 is 2.50 bits per heavy atom. The van der Waals surface area contributed by atoms with Crippen LogP contribution < -0.4 is 4.90 Å². The van der Waals surface area contributed by atoms with Crippen LogP contribution in [0.15, 0.2) is 22.7 Å². The summed E-state index contributed by atoms with van der Waals surface area (Å²) in [6.07, 6.45) is 6.68. The van der Waals surface area contributed by atoms with E-state index in [1.54, 1.807) is 0 Å². The molecule has 0 bridgehead atoms. The zero-order chi connectivity index (χ0) is 13.5. The third-order valence-corrected chi connectivity index (χ3v) is 3.99. The van der Waals surface area contributed by atoms with E-state index in [-0.39, 0.29) is 0 Å². The first kappa shape index (κ1) is 15.6. The molecule has 0 saturated carbocycles. The zero-order valence-corrected chi connectivity index (χ0v) is 13.8. The number of unbranched alkanes of at least 4 members (excludes halogenated alkanes) is 3. The number of halogens is 1. The first-order valence-electron chi connectivity index (χ1n) is 7.03. The lowest BCUT2D eigenvalue weighted by molar-refractivity contribution is 0.580. The second kappa shape index (κ2) is 7.83. The van der Waals surface area contributed by atoms with Gasteiger partial charge >= 0.3 is 0 Å². The molecule has 0 amide bonds. The molecule has 1 rings (SSSR count). The van der Waals surface area contributed by atoms with Crippen molar-refractivity contribution in [3.05, 3.63) is 28.2 Å². The second-order valence-corrected chi connectivity index (χ2v) is 6.26. The fourth-order valence-corrected chi connectivity index (χ4v) is 2.74. The molecule has 0 aliphatic heterocycles. The number of nitrogens with zero attached hydrogens (tertiary/aromatic N) is 1. The molecular formula is C16H26BrN. The summed E-state index contributed by atoms with van der Waals surface area (Å²) in [5, 5.41) is 0. The molecule has 1 nitrogen and oxygen atoms in total. The van der Waals surface area contributed by atoms with Crippen LogP contribution in [0.3, 0.4) is 0 Å². The largest absolute Gasteiger partial charge is 0.377 e. The molecule has 0 aliphatic carbocycles. The van der Waals surface area contributed by atoms with Crippen LogP contribution >= 0.6 is 15.9 Å². The van der Waals surface area contributed by atoms with Crippen LogP contribution in [-0.4, -0.2) is 14.1 Å². The molecule has 0 heterocycles. The molecule has 0 aromatic heterocycles. The van der Waals surface area contributed by atoms with E-state index >= 15 is 0 Å². The average molecular weight is 312 g/mol. The van der Waals surface area contributed by atoms with Crippen LogP contribution in [0.25, 0.3) is 0 Å². The van der Waals surface area contributed by atoms with Gasteiger partial charge in [-0.15, -0.1) is 0 Å². The smallest absolute Gasteiger partial charge is 0.0397 e. The molecule has 0 saturated heterocycles. The number of anilines is 1. The third-order valence-electron chi connectivity index (χ3n) is 3.49. The quantitative estimate of drug-likeness (QED) is 0.593. The van der Waals surface area contributed by atoms with Crippen molar-refractivity contribution in [2.45, 2.75) is 51.9 Å². The monoisotopic (exact) mass is 311 g/mol. The van der Waals surface area contributed by atoms with Gasteiger partial charge in [0.15, 0.2) is 0 Å². The first-order valence-corrected chi connectivity index (χ1v) is 7.82. The van der Waals surface area contributed by atoms with Crippen molar-refractivity contribution in [2.24, 2.45) is 0 Å². The van der Waals surface area contributed by atoms with Crippen molar-refractivity contribution >= 4 is 21.6 Å². The van der Waals surface area contributed by atoms with E-state index in [2.05, 4.69) is 67.0 Å². The summed E-state index contributed by atoms with van der Waals surface area (Å²) in [5.74, 6) is 0.636.